The molecule has 0 atom stereocenters. The Morgan fingerprint density at radius 2 is 1.92 bits per heavy atom. The second-order valence-corrected chi connectivity index (χ2v) is 4.42. The van der Waals surface area contributed by atoms with Crippen LogP contribution in [-0.4, -0.2) is 0 Å². The molecular formula is C12H18O. The summed E-state index contributed by atoms with van der Waals surface area (Å²) >= 11 is 0. The van der Waals surface area contributed by atoms with E-state index in [1.54, 1.807) is 0 Å². The van der Waals surface area contributed by atoms with Crippen LogP contribution in [0.25, 0.3) is 0 Å². The van der Waals surface area contributed by atoms with Gasteiger partial charge in [0.05, 0.1) is 12.5 Å². The first-order valence-electron chi connectivity index (χ1n) is 5.35. The van der Waals surface area contributed by atoms with E-state index in [-0.39, 0.29) is 0 Å². The van der Waals surface area contributed by atoms with Gasteiger partial charge in [0.15, 0.2) is 0 Å². The zero-order valence-electron chi connectivity index (χ0n) is 8.55. The van der Waals surface area contributed by atoms with Gasteiger partial charge in [-0.05, 0) is 35.8 Å². The molecule has 1 heteroatoms. The highest BCUT2D eigenvalue weighted by atomic mass is 16.3. The van der Waals surface area contributed by atoms with Crippen LogP contribution in [0.15, 0.2) is 16.9 Å². The maximum atomic E-state index is 5.32. The Morgan fingerprint density at radius 1 is 1.23 bits per heavy atom. The van der Waals surface area contributed by atoms with Crippen LogP contribution < -0.4 is 0 Å². The zero-order valence-corrected chi connectivity index (χ0v) is 8.55. The molecule has 13 heavy (non-hydrogen) atoms. The van der Waals surface area contributed by atoms with Crippen LogP contribution in [0.1, 0.15) is 62.5 Å². The molecular weight excluding hydrogens is 160 g/mol. The van der Waals surface area contributed by atoms with Gasteiger partial charge in [0.25, 0.3) is 0 Å². The van der Waals surface area contributed by atoms with Gasteiger partial charge in [-0.3, -0.25) is 0 Å². The van der Waals surface area contributed by atoms with Gasteiger partial charge in [0.2, 0.25) is 0 Å². The smallest absolute Gasteiger partial charge is 0.0940 e. The van der Waals surface area contributed by atoms with Gasteiger partial charge in [0.1, 0.15) is 0 Å². The highest BCUT2D eigenvalue weighted by Crippen LogP contribution is 2.38. The molecule has 2 rings (SSSR count). The van der Waals surface area contributed by atoms with Gasteiger partial charge in [0, 0.05) is 0 Å². The standard InChI is InChI=1S/C12H18O/c1-9(2)11-7-13-8-12(11)10-5-3-4-6-10/h7-10H,3-6H2,1-2H3. The average molecular weight is 178 g/mol. The average Bonchev–Trinajstić information content (AvgIpc) is 2.74. The molecule has 1 aliphatic carbocycles. The zero-order chi connectivity index (χ0) is 9.26. The van der Waals surface area contributed by atoms with Crippen molar-refractivity contribution in [2.24, 2.45) is 0 Å². The molecule has 0 amide bonds. The molecule has 0 aliphatic heterocycles. The summed E-state index contributed by atoms with van der Waals surface area (Å²) in [5.74, 6) is 1.39. The van der Waals surface area contributed by atoms with Gasteiger partial charge in [-0.25, -0.2) is 0 Å². The molecule has 0 N–H and O–H groups in total. The van der Waals surface area contributed by atoms with E-state index in [2.05, 4.69) is 13.8 Å². The van der Waals surface area contributed by atoms with Crippen molar-refractivity contribution >= 4 is 0 Å². The highest BCUT2D eigenvalue weighted by molar-refractivity contribution is 5.28. The van der Waals surface area contributed by atoms with Crippen molar-refractivity contribution in [1.29, 1.82) is 0 Å². The third-order valence-electron chi connectivity index (χ3n) is 3.14. The van der Waals surface area contributed by atoms with Gasteiger partial charge >= 0.3 is 0 Å². The lowest BCUT2D eigenvalue weighted by molar-refractivity contribution is 0.555. The predicted molar refractivity (Wildman–Crippen MR) is 54.0 cm³/mol. The largest absolute Gasteiger partial charge is 0.472 e. The maximum Gasteiger partial charge on any atom is 0.0940 e. The summed E-state index contributed by atoms with van der Waals surface area (Å²) in [6, 6.07) is 0. The fourth-order valence-corrected chi connectivity index (χ4v) is 2.35. The van der Waals surface area contributed by atoms with Gasteiger partial charge in [-0.1, -0.05) is 26.7 Å². The summed E-state index contributed by atoms with van der Waals surface area (Å²) in [6.45, 7) is 4.48. The Bertz CT molecular complexity index is 266. The van der Waals surface area contributed by atoms with Crippen LogP contribution >= 0.6 is 0 Å². The second kappa shape index (κ2) is 3.57. The summed E-state index contributed by atoms with van der Waals surface area (Å²) in [6.07, 6.45) is 9.41. The predicted octanol–water partition coefficient (Wildman–Crippen LogP) is 4.06. The monoisotopic (exact) mass is 178 g/mol. The summed E-state index contributed by atoms with van der Waals surface area (Å²) in [7, 11) is 0. The molecule has 1 heterocycles. The number of furan rings is 1. The van der Waals surface area contributed by atoms with E-state index in [1.807, 2.05) is 12.5 Å². The lowest BCUT2D eigenvalue weighted by Crippen LogP contribution is -1.96. The Hall–Kier alpha value is -0.720. The quantitative estimate of drug-likeness (QED) is 0.665. The number of rotatable bonds is 2. The Labute approximate surface area is 80.1 Å². The van der Waals surface area contributed by atoms with E-state index in [0.29, 0.717) is 5.92 Å². The number of hydrogen-bond acceptors (Lipinski definition) is 1. The molecule has 0 unspecified atom stereocenters. The van der Waals surface area contributed by atoms with E-state index in [9.17, 15) is 0 Å². The lowest BCUT2D eigenvalue weighted by Gasteiger charge is -2.11. The molecule has 0 radical (unpaired) electrons. The van der Waals surface area contributed by atoms with Gasteiger partial charge < -0.3 is 4.42 Å². The van der Waals surface area contributed by atoms with Gasteiger partial charge in [-0.15, -0.1) is 0 Å². The Morgan fingerprint density at radius 3 is 2.54 bits per heavy atom. The molecule has 0 saturated heterocycles. The van der Waals surface area contributed by atoms with Crippen LogP contribution in [0.5, 0.6) is 0 Å². The normalized spacial score (nSPS) is 18.7. The van der Waals surface area contributed by atoms with Crippen molar-refractivity contribution in [3.05, 3.63) is 23.7 Å². The summed E-state index contributed by atoms with van der Waals surface area (Å²) in [4.78, 5) is 0. The lowest BCUT2D eigenvalue weighted by atomic mass is 9.92. The number of hydrogen-bond donors (Lipinski definition) is 0. The molecule has 0 aromatic carbocycles. The van der Waals surface area contributed by atoms with Crippen LogP contribution in [0, 0.1) is 0 Å². The fourth-order valence-electron chi connectivity index (χ4n) is 2.35. The van der Waals surface area contributed by atoms with Crippen molar-refractivity contribution in [1.82, 2.24) is 0 Å². The third kappa shape index (κ3) is 1.65. The topological polar surface area (TPSA) is 13.1 Å². The molecule has 1 aliphatic rings. The summed E-state index contributed by atoms with van der Waals surface area (Å²) in [5, 5.41) is 0. The SMILES string of the molecule is CC(C)c1cocc1C1CCCC1. The van der Waals surface area contributed by atoms with Crippen molar-refractivity contribution in [3.63, 3.8) is 0 Å². The van der Waals surface area contributed by atoms with Crippen molar-refractivity contribution < 1.29 is 4.42 Å². The summed E-state index contributed by atoms with van der Waals surface area (Å²) in [5.41, 5.74) is 2.90. The first kappa shape index (κ1) is 8.86. The first-order chi connectivity index (χ1) is 6.29. The Balaban J connectivity index is 2.23. The Kier molecular flexibility index (Phi) is 2.43. The fraction of sp³-hybridized carbons (Fsp3) is 0.667. The minimum atomic E-state index is 0.606. The van der Waals surface area contributed by atoms with Gasteiger partial charge in [-0.2, -0.15) is 0 Å². The van der Waals surface area contributed by atoms with Crippen LogP contribution in [0.3, 0.4) is 0 Å². The van der Waals surface area contributed by atoms with Crippen LogP contribution in [0.2, 0.25) is 0 Å². The molecule has 1 aromatic heterocycles. The molecule has 1 nitrogen and oxygen atoms in total. The van der Waals surface area contributed by atoms with E-state index in [4.69, 9.17) is 4.42 Å². The van der Waals surface area contributed by atoms with E-state index >= 15 is 0 Å². The summed E-state index contributed by atoms with van der Waals surface area (Å²) < 4.78 is 5.32. The maximum absolute atomic E-state index is 5.32. The molecule has 72 valence electrons. The molecule has 0 bridgehead atoms. The van der Waals surface area contributed by atoms with Crippen LogP contribution in [0.4, 0.5) is 0 Å². The highest BCUT2D eigenvalue weighted by Gasteiger charge is 2.22. The molecule has 1 aromatic rings. The second-order valence-electron chi connectivity index (χ2n) is 4.42. The minimum Gasteiger partial charge on any atom is -0.472 e. The third-order valence-corrected chi connectivity index (χ3v) is 3.14. The van der Waals surface area contributed by atoms with Crippen LogP contribution in [-0.2, 0) is 0 Å². The van der Waals surface area contributed by atoms with Crippen molar-refractivity contribution in [2.45, 2.75) is 51.4 Å². The van der Waals surface area contributed by atoms with Crippen molar-refractivity contribution in [2.75, 3.05) is 0 Å². The van der Waals surface area contributed by atoms with E-state index < -0.39 is 0 Å². The molecule has 0 spiro atoms. The van der Waals surface area contributed by atoms with Crippen molar-refractivity contribution in [3.8, 4) is 0 Å². The minimum absolute atomic E-state index is 0.606. The first-order valence-corrected chi connectivity index (χ1v) is 5.35. The van der Waals surface area contributed by atoms with E-state index in [1.165, 1.54) is 36.8 Å². The molecule has 1 saturated carbocycles. The van der Waals surface area contributed by atoms with E-state index in [0.717, 1.165) is 5.92 Å². The molecule has 1 fully saturated rings.